The molecule has 0 unspecified atom stereocenters. The van der Waals surface area contributed by atoms with Gasteiger partial charge in [0.05, 0.1) is 36.9 Å². The lowest BCUT2D eigenvalue weighted by molar-refractivity contribution is -0.531. The molecule has 69 heavy (non-hydrogen) atoms. The summed E-state index contributed by atoms with van der Waals surface area (Å²) >= 11 is 6.31. The molecule has 2 aliphatic carbocycles. The van der Waals surface area contributed by atoms with Gasteiger partial charge in [0.15, 0.2) is 16.8 Å². The molecule has 0 bridgehead atoms. The van der Waals surface area contributed by atoms with Gasteiger partial charge in [-0.2, -0.15) is 0 Å². The third kappa shape index (κ3) is 14.5. The number of nitrogens with zero attached hydrogens (tertiary/aromatic N) is 1. The highest BCUT2D eigenvalue weighted by Crippen LogP contribution is 2.53. The maximum absolute atomic E-state index is 10.3. The summed E-state index contributed by atoms with van der Waals surface area (Å²) in [5.74, 6) is -10.7. The first kappa shape index (κ1) is 53.4. The van der Waals surface area contributed by atoms with Gasteiger partial charge in [-0.1, -0.05) is 78.3 Å². The van der Waals surface area contributed by atoms with Gasteiger partial charge in [-0.25, -0.2) is 19.4 Å². The zero-order chi connectivity index (χ0) is 50.4. The lowest BCUT2D eigenvalue weighted by Crippen LogP contribution is -2.56. The SMILES string of the molecule is Clc1cc(NCCCCNC2CCC3(CC2)OO[C@@]2(c4ccccc4)CC(c4ccccc4)=C[C@H]2O3)c2ncccc2c1.O=C(O)CC(O)(CC(=O)O)C(=O)O.O=C(O)CC(O)(CC(=O)O)C(=O)O. The normalized spacial score (nSPS) is 20.8. The number of unbranched alkanes of at least 4 members (excludes halogenated alkanes) is 1. The Balaban J connectivity index is 0.000000281. The van der Waals surface area contributed by atoms with Crippen molar-refractivity contribution in [3.05, 3.63) is 113 Å². The van der Waals surface area contributed by atoms with E-state index >= 15 is 0 Å². The number of pyridine rings is 1. The van der Waals surface area contributed by atoms with E-state index in [2.05, 4.69) is 70.2 Å². The molecule has 3 aliphatic rings. The molecule has 1 spiro atoms. The smallest absolute Gasteiger partial charge is 0.336 e. The molecule has 370 valence electrons. The highest BCUT2D eigenvalue weighted by molar-refractivity contribution is 6.31. The minimum atomic E-state index is -2.74. The Hall–Kier alpha value is -6.52. The van der Waals surface area contributed by atoms with E-state index in [1.54, 1.807) is 0 Å². The molecule has 0 radical (unpaired) electrons. The Labute approximate surface area is 400 Å². The van der Waals surface area contributed by atoms with Crippen molar-refractivity contribution >= 4 is 69.6 Å². The fourth-order valence-corrected chi connectivity index (χ4v) is 8.44. The Morgan fingerprint density at radius 1 is 0.696 bits per heavy atom. The van der Waals surface area contributed by atoms with Gasteiger partial charge in [0.25, 0.3) is 0 Å². The second-order valence-corrected chi connectivity index (χ2v) is 17.4. The molecule has 1 saturated heterocycles. The van der Waals surface area contributed by atoms with Gasteiger partial charge >= 0.3 is 35.8 Å². The average Bonchev–Trinajstić information content (AvgIpc) is 3.68. The van der Waals surface area contributed by atoms with Crippen molar-refractivity contribution in [2.45, 2.75) is 105 Å². The zero-order valence-electron chi connectivity index (χ0n) is 37.2. The van der Waals surface area contributed by atoms with Crippen LogP contribution in [0.5, 0.6) is 0 Å². The number of aliphatic hydroxyl groups is 2. The minimum absolute atomic E-state index is 0.206. The number of hydrogen-bond acceptors (Lipinski definition) is 14. The molecule has 21 heteroatoms. The van der Waals surface area contributed by atoms with Crippen LogP contribution in [0.1, 0.15) is 81.8 Å². The Bertz CT molecular complexity index is 2400. The number of carboxylic acids is 6. The summed E-state index contributed by atoms with van der Waals surface area (Å²) in [6.07, 6.45) is 5.74. The Morgan fingerprint density at radius 2 is 1.23 bits per heavy atom. The molecular weight excluding hydrogens is 926 g/mol. The number of carbonyl (C=O) groups is 6. The van der Waals surface area contributed by atoms with Crippen molar-refractivity contribution in [1.29, 1.82) is 0 Å². The highest BCUT2D eigenvalue weighted by Gasteiger charge is 2.57. The molecule has 1 saturated carbocycles. The van der Waals surface area contributed by atoms with Crippen LogP contribution < -0.4 is 10.6 Å². The second-order valence-electron chi connectivity index (χ2n) is 17.0. The van der Waals surface area contributed by atoms with Crippen molar-refractivity contribution < 1.29 is 84.1 Å². The van der Waals surface area contributed by atoms with Crippen molar-refractivity contribution in [3.8, 4) is 0 Å². The molecule has 0 amide bonds. The van der Waals surface area contributed by atoms with E-state index in [-0.39, 0.29) is 6.10 Å². The van der Waals surface area contributed by atoms with Gasteiger partial charge < -0.3 is 56.2 Å². The number of benzene rings is 3. The number of rotatable bonds is 19. The van der Waals surface area contributed by atoms with Gasteiger partial charge in [0.2, 0.25) is 5.79 Å². The van der Waals surface area contributed by atoms with Gasteiger partial charge in [-0.05, 0) is 73.2 Å². The number of hydrogen-bond donors (Lipinski definition) is 10. The standard InChI is InChI=1S/C36H38ClN3O3.2C6H8O7/c37-30-22-27-12-9-21-40-34(27)32(24-30)39-20-8-7-19-38-31-15-17-35(18-16-31)41-33-23-28(26-10-3-1-4-11-26)25-36(33,43-42-35)29-13-5-2-6-14-29;2*7-3(8)1-6(13,5(11)12)2-4(9)10/h1-6,9-14,21-24,31,33,38-39H,7-8,15-20,25H2;2*13H,1-2H2,(H,7,8)(H,9,10)(H,11,12)/t31?,33-,35?,36-;;/m1../s1. The number of fused-ring (bicyclic) bond motifs is 2. The third-order valence-corrected chi connectivity index (χ3v) is 11.9. The van der Waals surface area contributed by atoms with Gasteiger partial charge in [0, 0.05) is 48.5 Å². The number of halogens is 1. The fraction of sp³-hybridized carbons (Fsp3) is 0.396. The fourth-order valence-electron chi connectivity index (χ4n) is 8.21. The quantitative estimate of drug-likeness (QED) is 0.0407. The molecule has 1 aromatic heterocycles. The molecule has 10 N–H and O–H groups in total. The van der Waals surface area contributed by atoms with Crippen molar-refractivity contribution in [2.24, 2.45) is 0 Å². The molecule has 1 aliphatic heterocycles. The molecule has 4 aromatic rings. The summed E-state index contributed by atoms with van der Waals surface area (Å²) in [5, 5.41) is 76.7. The lowest BCUT2D eigenvalue weighted by Gasteiger charge is -2.49. The summed E-state index contributed by atoms with van der Waals surface area (Å²) in [5.41, 5.74) is -0.672. The monoisotopic (exact) mass is 979 g/mol. The van der Waals surface area contributed by atoms with E-state index in [1.165, 1.54) is 11.1 Å². The van der Waals surface area contributed by atoms with Crippen LogP contribution in [-0.2, 0) is 48.9 Å². The van der Waals surface area contributed by atoms with E-state index in [4.69, 9.17) is 67.0 Å². The summed E-state index contributed by atoms with van der Waals surface area (Å²) in [6, 6.07) is 29.2. The maximum Gasteiger partial charge on any atom is 0.336 e. The van der Waals surface area contributed by atoms with E-state index in [0.29, 0.717) is 12.5 Å². The molecule has 20 nitrogen and oxygen atoms in total. The van der Waals surface area contributed by atoms with Crippen LogP contribution in [0.25, 0.3) is 16.5 Å². The van der Waals surface area contributed by atoms with Crippen LogP contribution in [0.3, 0.4) is 0 Å². The summed E-state index contributed by atoms with van der Waals surface area (Å²) in [4.78, 5) is 78.2. The number of carboxylic acid groups (broad SMARTS) is 6. The number of aliphatic carboxylic acids is 6. The van der Waals surface area contributed by atoms with E-state index in [1.807, 2.05) is 42.6 Å². The van der Waals surface area contributed by atoms with E-state index < -0.39 is 84.1 Å². The van der Waals surface area contributed by atoms with Crippen LogP contribution in [0.2, 0.25) is 5.02 Å². The first-order valence-electron chi connectivity index (χ1n) is 21.8. The third-order valence-electron chi connectivity index (χ3n) is 11.7. The first-order valence-corrected chi connectivity index (χ1v) is 22.2. The van der Waals surface area contributed by atoms with Crippen LogP contribution >= 0.6 is 11.6 Å². The first-order chi connectivity index (χ1) is 32.7. The number of anilines is 1. The second kappa shape index (κ2) is 23.7. The van der Waals surface area contributed by atoms with Gasteiger partial charge in [0.1, 0.15) is 6.10 Å². The lowest BCUT2D eigenvalue weighted by atomic mass is 9.85. The number of ether oxygens (including phenoxy) is 1. The molecule has 2 heterocycles. The van der Waals surface area contributed by atoms with E-state index in [0.717, 1.165) is 78.8 Å². The molecular formula is C48H54ClN3O17. The van der Waals surface area contributed by atoms with Crippen LogP contribution in [0, 0.1) is 0 Å². The number of aromatic nitrogens is 1. The van der Waals surface area contributed by atoms with Gasteiger partial charge in [-0.3, -0.25) is 24.2 Å². The highest BCUT2D eigenvalue weighted by atomic mass is 35.5. The van der Waals surface area contributed by atoms with Crippen molar-refractivity contribution in [1.82, 2.24) is 10.3 Å². The minimum Gasteiger partial charge on any atom is -0.481 e. The van der Waals surface area contributed by atoms with Gasteiger partial charge in [-0.15, -0.1) is 0 Å². The zero-order valence-corrected chi connectivity index (χ0v) is 37.9. The van der Waals surface area contributed by atoms with E-state index in [9.17, 15) is 28.8 Å². The predicted molar refractivity (Wildman–Crippen MR) is 246 cm³/mol. The maximum atomic E-state index is 10.3. The molecule has 7 rings (SSSR count). The van der Waals surface area contributed by atoms with Crippen LogP contribution in [0.15, 0.2) is 97.2 Å². The average molecular weight is 980 g/mol. The Kier molecular flexibility index (Phi) is 18.3. The largest absolute Gasteiger partial charge is 0.481 e. The summed E-state index contributed by atoms with van der Waals surface area (Å²) in [7, 11) is 0. The summed E-state index contributed by atoms with van der Waals surface area (Å²) in [6.45, 7) is 1.86. The molecule has 2 fully saturated rings. The topological polar surface area (TPSA) is 329 Å². The Morgan fingerprint density at radius 3 is 1.77 bits per heavy atom. The van der Waals surface area contributed by atoms with Crippen molar-refractivity contribution in [3.63, 3.8) is 0 Å². The summed E-state index contributed by atoms with van der Waals surface area (Å²) < 4.78 is 6.86. The van der Waals surface area contributed by atoms with Crippen LogP contribution in [-0.4, -0.2) is 124 Å². The molecule has 2 atom stereocenters. The van der Waals surface area contributed by atoms with Crippen molar-refractivity contribution in [2.75, 3.05) is 18.4 Å². The molecule has 3 aromatic carbocycles. The van der Waals surface area contributed by atoms with Crippen LogP contribution in [0.4, 0.5) is 5.69 Å². The number of nitrogens with one attached hydrogen (secondary N) is 2. The predicted octanol–water partition coefficient (Wildman–Crippen LogP) is 5.54.